The minimum Gasteiger partial charge on any atom is -0.384 e. The molecular formula is C19H23N7. The number of nitrogens with one attached hydrogen (secondary N) is 1. The fraction of sp³-hybridized carbons (Fsp3) is 0.421. The Kier molecular flexibility index (Phi) is 3.74. The molecule has 0 spiro atoms. The molecule has 134 valence electrons. The molecule has 2 aliphatic rings. The molecule has 1 saturated heterocycles. The summed E-state index contributed by atoms with van der Waals surface area (Å²) < 4.78 is 1.91. The van der Waals surface area contributed by atoms with Crippen molar-refractivity contribution in [2.75, 3.05) is 42.9 Å². The molecule has 0 aliphatic carbocycles. The third-order valence-corrected chi connectivity index (χ3v) is 5.36. The molecule has 0 unspecified atom stereocenters. The van der Waals surface area contributed by atoms with Crippen LogP contribution in [0.1, 0.15) is 17.0 Å². The molecule has 3 aromatic rings. The first-order valence-electron chi connectivity index (χ1n) is 9.27. The molecule has 2 aliphatic heterocycles. The summed E-state index contributed by atoms with van der Waals surface area (Å²) in [7, 11) is 0. The molecule has 4 heterocycles. The number of anilines is 2. The number of para-hydroxylation sites is 1. The maximum absolute atomic E-state index is 4.52. The van der Waals surface area contributed by atoms with Crippen LogP contribution in [0.25, 0.3) is 5.65 Å². The van der Waals surface area contributed by atoms with Crippen molar-refractivity contribution in [2.45, 2.75) is 19.9 Å². The first-order valence-corrected chi connectivity index (χ1v) is 9.27. The van der Waals surface area contributed by atoms with Gasteiger partial charge in [-0.3, -0.25) is 9.88 Å². The molecular weight excluding hydrogens is 326 g/mol. The standard InChI is InChI=1S/C19H23N7/c1-14-22-17-11-20-12-18(26(17)23-14)25-9-7-24(8-10-25)13-16-4-2-3-15-5-6-21-19(15)16/h2-4,11-12,21H,5-10,13H2,1H3. The molecule has 0 atom stereocenters. The minimum absolute atomic E-state index is 0.781. The summed E-state index contributed by atoms with van der Waals surface area (Å²) in [6, 6.07) is 6.69. The molecule has 0 bridgehead atoms. The summed E-state index contributed by atoms with van der Waals surface area (Å²) in [6.45, 7) is 8.01. The van der Waals surface area contributed by atoms with Crippen molar-refractivity contribution in [3.05, 3.63) is 47.5 Å². The van der Waals surface area contributed by atoms with Crippen LogP contribution in [0, 0.1) is 6.92 Å². The lowest BCUT2D eigenvalue weighted by atomic mass is 10.1. The highest BCUT2D eigenvalue weighted by molar-refractivity contribution is 5.61. The number of fused-ring (bicyclic) bond motifs is 2. The van der Waals surface area contributed by atoms with Gasteiger partial charge in [0.15, 0.2) is 11.5 Å². The van der Waals surface area contributed by atoms with E-state index < -0.39 is 0 Å². The van der Waals surface area contributed by atoms with E-state index in [0.717, 1.165) is 63.0 Å². The van der Waals surface area contributed by atoms with Crippen molar-refractivity contribution < 1.29 is 0 Å². The third-order valence-electron chi connectivity index (χ3n) is 5.36. The highest BCUT2D eigenvalue weighted by atomic mass is 15.4. The van der Waals surface area contributed by atoms with E-state index in [1.165, 1.54) is 16.8 Å². The highest BCUT2D eigenvalue weighted by Gasteiger charge is 2.22. The Hall–Kier alpha value is -2.67. The van der Waals surface area contributed by atoms with Crippen LogP contribution in [0.2, 0.25) is 0 Å². The van der Waals surface area contributed by atoms with E-state index in [1.54, 1.807) is 6.20 Å². The van der Waals surface area contributed by atoms with Gasteiger partial charge in [-0.25, -0.2) is 4.98 Å². The molecule has 1 fully saturated rings. The Balaban J connectivity index is 1.30. The van der Waals surface area contributed by atoms with E-state index in [2.05, 4.69) is 48.4 Å². The van der Waals surface area contributed by atoms with E-state index in [-0.39, 0.29) is 0 Å². The number of hydrogen-bond acceptors (Lipinski definition) is 6. The lowest BCUT2D eigenvalue weighted by Gasteiger charge is -2.36. The van der Waals surface area contributed by atoms with Gasteiger partial charge in [-0.15, -0.1) is 5.10 Å². The molecule has 0 amide bonds. The summed E-state index contributed by atoms with van der Waals surface area (Å²) in [5.74, 6) is 1.81. The van der Waals surface area contributed by atoms with Gasteiger partial charge in [0.1, 0.15) is 5.82 Å². The Morgan fingerprint density at radius 1 is 1.12 bits per heavy atom. The second kappa shape index (κ2) is 6.25. The average Bonchev–Trinajstić information content (AvgIpc) is 3.28. The van der Waals surface area contributed by atoms with Crippen molar-refractivity contribution in [1.82, 2.24) is 24.5 Å². The first kappa shape index (κ1) is 15.6. The summed E-state index contributed by atoms with van der Waals surface area (Å²) in [5.41, 5.74) is 5.06. The molecule has 0 saturated carbocycles. The van der Waals surface area contributed by atoms with Crippen LogP contribution in [0.4, 0.5) is 11.5 Å². The zero-order valence-electron chi connectivity index (χ0n) is 15.0. The molecule has 7 nitrogen and oxygen atoms in total. The van der Waals surface area contributed by atoms with Crippen molar-refractivity contribution in [2.24, 2.45) is 0 Å². The molecule has 0 radical (unpaired) electrons. The van der Waals surface area contributed by atoms with E-state index in [9.17, 15) is 0 Å². The van der Waals surface area contributed by atoms with Gasteiger partial charge in [-0.1, -0.05) is 18.2 Å². The Morgan fingerprint density at radius 2 is 2.00 bits per heavy atom. The third kappa shape index (κ3) is 2.68. The summed E-state index contributed by atoms with van der Waals surface area (Å²) in [6.07, 6.45) is 4.80. The highest BCUT2D eigenvalue weighted by Crippen LogP contribution is 2.28. The maximum atomic E-state index is 4.52. The second-order valence-electron chi connectivity index (χ2n) is 7.09. The number of hydrogen-bond donors (Lipinski definition) is 1. The van der Waals surface area contributed by atoms with E-state index >= 15 is 0 Å². The van der Waals surface area contributed by atoms with Gasteiger partial charge < -0.3 is 10.2 Å². The lowest BCUT2D eigenvalue weighted by Crippen LogP contribution is -2.46. The lowest BCUT2D eigenvalue weighted by molar-refractivity contribution is 0.249. The van der Waals surface area contributed by atoms with Gasteiger partial charge in [0.25, 0.3) is 0 Å². The minimum atomic E-state index is 0.781. The quantitative estimate of drug-likeness (QED) is 0.777. The van der Waals surface area contributed by atoms with Crippen molar-refractivity contribution in [1.29, 1.82) is 0 Å². The largest absolute Gasteiger partial charge is 0.384 e. The van der Waals surface area contributed by atoms with Gasteiger partial charge in [-0.05, 0) is 24.5 Å². The molecule has 7 heteroatoms. The summed E-state index contributed by atoms with van der Waals surface area (Å²) in [4.78, 5) is 13.7. The zero-order chi connectivity index (χ0) is 17.5. The molecule has 26 heavy (non-hydrogen) atoms. The fourth-order valence-corrected chi connectivity index (χ4v) is 4.04. The van der Waals surface area contributed by atoms with Crippen LogP contribution < -0.4 is 10.2 Å². The number of rotatable bonds is 3. The first-order chi connectivity index (χ1) is 12.8. The van der Waals surface area contributed by atoms with Crippen LogP contribution in [-0.4, -0.2) is 57.2 Å². The van der Waals surface area contributed by atoms with Gasteiger partial charge >= 0.3 is 0 Å². The van der Waals surface area contributed by atoms with Gasteiger partial charge in [-0.2, -0.15) is 4.52 Å². The van der Waals surface area contributed by atoms with Crippen LogP contribution in [0.5, 0.6) is 0 Å². The molecule has 5 rings (SSSR count). The number of nitrogens with zero attached hydrogens (tertiary/aromatic N) is 6. The number of benzene rings is 1. The summed E-state index contributed by atoms with van der Waals surface area (Å²) in [5, 5.41) is 8.07. The van der Waals surface area contributed by atoms with Crippen molar-refractivity contribution in [3.8, 4) is 0 Å². The Labute approximate surface area is 152 Å². The molecule has 1 N–H and O–H groups in total. The van der Waals surface area contributed by atoms with Crippen LogP contribution >= 0.6 is 0 Å². The molecule has 2 aromatic heterocycles. The molecule has 1 aromatic carbocycles. The number of piperazine rings is 1. The van der Waals surface area contributed by atoms with Crippen LogP contribution in [0.15, 0.2) is 30.6 Å². The summed E-state index contributed by atoms with van der Waals surface area (Å²) >= 11 is 0. The van der Waals surface area contributed by atoms with E-state index in [1.807, 2.05) is 17.6 Å². The predicted octanol–water partition coefficient (Wildman–Crippen LogP) is 1.72. The SMILES string of the molecule is Cc1nc2cncc(N3CCN(Cc4cccc5c4NCC5)CC3)n2n1. The smallest absolute Gasteiger partial charge is 0.176 e. The Bertz CT molecular complexity index is 940. The van der Waals surface area contributed by atoms with Crippen molar-refractivity contribution in [3.63, 3.8) is 0 Å². The van der Waals surface area contributed by atoms with Crippen molar-refractivity contribution >= 4 is 17.2 Å². The average molecular weight is 349 g/mol. The fourth-order valence-electron chi connectivity index (χ4n) is 4.04. The van der Waals surface area contributed by atoms with Gasteiger partial charge in [0, 0.05) is 45.0 Å². The number of aromatic nitrogens is 4. The number of aryl methyl sites for hydroxylation is 1. The zero-order valence-corrected chi connectivity index (χ0v) is 15.0. The second-order valence-corrected chi connectivity index (χ2v) is 7.09. The van der Waals surface area contributed by atoms with Crippen LogP contribution in [-0.2, 0) is 13.0 Å². The van der Waals surface area contributed by atoms with Gasteiger partial charge in [0.2, 0.25) is 0 Å². The predicted molar refractivity (Wildman–Crippen MR) is 102 cm³/mol. The topological polar surface area (TPSA) is 61.6 Å². The van der Waals surface area contributed by atoms with E-state index in [0.29, 0.717) is 0 Å². The van der Waals surface area contributed by atoms with E-state index in [4.69, 9.17) is 0 Å². The normalized spacial score (nSPS) is 17.5. The maximum Gasteiger partial charge on any atom is 0.176 e. The van der Waals surface area contributed by atoms with Crippen LogP contribution in [0.3, 0.4) is 0 Å². The monoisotopic (exact) mass is 349 g/mol. The Morgan fingerprint density at radius 3 is 2.88 bits per heavy atom. The van der Waals surface area contributed by atoms with Gasteiger partial charge in [0.05, 0.1) is 12.4 Å².